The summed E-state index contributed by atoms with van der Waals surface area (Å²) in [4.78, 5) is 11.6. The van der Waals surface area contributed by atoms with Gasteiger partial charge in [0.1, 0.15) is 5.78 Å². The van der Waals surface area contributed by atoms with Crippen LogP contribution in [0.1, 0.15) is 32.6 Å². The number of hydrogen-bond donors (Lipinski definition) is 0. The molecule has 0 unspecified atom stereocenters. The van der Waals surface area contributed by atoms with Gasteiger partial charge in [-0.1, -0.05) is 97.9 Å². The summed E-state index contributed by atoms with van der Waals surface area (Å²) in [6.45, 7) is 2.58. The van der Waals surface area contributed by atoms with E-state index in [0.717, 1.165) is 12.8 Å². The van der Waals surface area contributed by atoms with E-state index in [9.17, 15) is 4.79 Å². The highest BCUT2D eigenvalue weighted by Gasteiger charge is 2.41. The molecule has 0 aliphatic rings. The Balaban J connectivity index is 1.96. The summed E-state index contributed by atoms with van der Waals surface area (Å²) in [6.07, 6.45) is 3.05. The lowest BCUT2D eigenvalue weighted by Gasteiger charge is -2.33. The van der Waals surface area contributed by atoms with Crippen LogP contribution in [-0.2, 0) is 9.22 Å². The molecule has 0 aromatic heterocycles. The van der Waals surface area contributed by atoms with E-state index in [4.69, 9.17) is 4.43 Å². The van der Waals surface area contributed by atoms with Gasteiger partial charge in [0.2, 0.25) is 0 Å². The van der Waals surface area contributed by atoms with Crippen molar-refractivity contribution in [1.82, 2.24) is 0 Å². The van der Waals surface area contributed by atoms with Crippen molar-refractivity contribution in [1.29, 1.82) is 0 Å². The number of rotatable bonds is 10. The van der Waals surface area contributed by atoms with Crippen LogP contribution >= 0.6 is 0 Å². The van der Waals surface area contributed by atoms with E-state index in [2.05, 4.69) is 91.0 Å². The number of carbonyl (C=O) groups excluding carboxylic acids is 1. The minimum absolute atomic E-state index is 0.331. The Hall–Kier alpha value is -2.49. The van der Waals surface area contributed by atoms with E-state index in [0.29, 0.717) is 25.2 Å². The quantitative estimate of drug-likeness (QED) is 0.300. The number of carbonyl (C=O) groups is 1. The van der Waals surface area contributed by atoms with Crippen LogP contribution in [0.25, 0.3) is 0 Å². The summed E-state index contributed by atoms with van der Waals surface area (Å²) in [5, 5.41) is 3.74. The molecule has 3 rings (SSSR count). The van der Waals surface area contributed by atoms with Crippen LogP contribution in [-0.4, -0.2) is 20.7 Å². The van der Waals surface area contributed by atoms with Crippen LogP contribution in [0.15, 0.2) is 91.0 Å². The molecule has 0 amide bonds. The normalized spacial score (nSPS) is 11.3. The minimum atomic E-state index is -2.59. The molecule has 0 radical (unpaired) electrons. The molecule has 3 heteroatoms. The average Bonchev–Trinajstić information content (AvgIpc) is 2.78. The van der Waals surface area contributed by atoms with Crippen LogP contribution in [0.5, 0.6) is 0 Å². The summed E-state index contributed by atoms with van der Waals surface area (Å²) in [7, 11) is -2.59. The summed E-state index contributed by atoms with van der Waals surface area (Å²) in [5.74, 6) is 0.331. The van der Waals surface area contributed by atoms with Gasteiger partial charge in [-0.15, -0.1) is 0 Å². The van der Waals surface area contributed by atoms with Gasteiger partial charge in [-0.2, -0.15) is 0 Å². The fourth-order valence-electron chi connectivity index (χ4n) is 3.59. The van der Waals surface area contributed by atoms with Gasteiger partial charge in [-0.25, -0.2) is 0 Å². The third-order valence-corrected chi connectivity index (χ3v) is 9.18. The largest absolute Gasteiger partial charge is 0.404 e. The van der Waals surface area contributed by atoms with Gasteiger partial charge in [-0.3, -0.25) is 4.79 Å². The fraction of sp³-hybridized carbons (Fsp3) is 0.240. The molecule has 0 N–H and O–H groups in total. The van der Waals surface area contributed by atoms with Gasteiger partial charge in [0.05, 0.1) is 0 Å². The first-order valence-electron chi connectivity index (χ1n) is 10.1. The lowest BCUT2D eigenvalue weighted by molar-refractivity contribution is -0.118. The smallest absolute Gasteiger partial charge is 0.288 e. The molecule has 0 bridgehead atoms. The number of unbranched alkanes of at least 4 members (excludes halogenated alkanes) is 1. The summed E-state index contributed by atoms with van der Waals surface area (Å²) in [6, 6.07) is 31.8. The van der Waals surface area contributed by atoms with Gasteiger partial charge in [-0.05, 0) is 28.4 Å². The topological polar surface area (TPSA) is 26.3 Å². The first-order valence-corrected chi connectivity index (χ1v) is 12.0. The molecule has 0 aliphatic heterocycles. The Bertz CT molecular complexity index is 751. The van der Waals surface area contributed by atoms with Crippen molar-refractivity contribution >= 4 is 29.7 Å². The average molecular weight is 389 g/mol. The van der Waals surface area contributed by atoms with Gasteiger partial charge in [0.25, 0.3) is 8.32 Å². The Kier molecular flexibility index (Phi) is 7.35. The second-order valence-electron chi connectivity index (χ2n) is 6.98. The zero-order valence-corrected chi connectivity index (χ0v) is 17.5. The van der Waals surface area contributed by atoms with Crippen molar-refractivity contribution < 1.29 is 9.22 Å². The molecule has 2 nitrogen and oxygen atoms in total. The van der Waals surface area contributed by atoms with E-state index >= 15 is 0 Å². The number of hydrogen-bond acceptors (Lipinski definition) is 2. The fourth-order valence-corrected chi connectivity index (χ4v) is 7.53. The lowest BCUT2D eigenvalue weighted by atomic mass is 10.1. The van der Waals surface area contributed by atoms with Crippen LogP contribution in [0.3, 0.4) is 0 Å². The van der Waals surface area contributed by atoms with Crippen LogP contribution in [0, 0.1) is 0 Å². The molecule has 0 heterocycles. The second kappa shape index (κ2) is 10.2. The van der Waals surface area contributed by atoms with E-state index < -0.39 is 8.32 Å². The maximum Gasteiger partial charge on any atom is 0.288 e. The van der Waals surface area contributed by atoms with Crippen molar-refractivity contribution in [3.05, 3.63) is 91.0 Å². The van der Waals surface area contributed by atoms with Crippen molar-refractivity contribution in [2.45, 2.75) is 32.6 Å². The molecule has 0 spiro atoms. The van der Waals surface area contributed by atoms with Gasteiger partial charge in [0, 0.05) is 19.4 Å². The SMILES string of the molecule is CCC(=O)CCCCO[Si](c1ccccc1)(c1ccccc1)c1ccccc1. The van der Waals surface area contributed by atoms with E-state index in [1.807, 2.05) is 6.92 Å². The maximum absolute atomic E-state index is 11.6. The molecule has 0 fully saturated rings. The highest BCUT2D eigenvalue weighted by molar-refractivity contribution is 7.07. The predicted molar refractivity (Wildman–Crippen MR) is 119 cm³/mol. The molecule has 0 saturated carbocycles. The maximum atomic E-state index is 11.6. The predicted octanol–water partition coefficient (Wildman–Crippen LogP) is 3.82. The highest BCUT2D eigenvalue weighted by atomic mass is 28.4. The summed E-state index contributed by atoms with van der Waals surface area (Å²) >= 11 is 0. The van der Waals surface area contributed by atoms with Crippen LogP contribution in [0.4, 0.5) is 0 Å². The zero-order valence-electron chi connectivity index (χ0n) is 16.5. The highest BCUT2D eigenvalue weighted by Crippen LogP contribution is 2.11. The Morgan fingerprint density at radius 3 is 1.54 bits per heavy atom. The molecular formula is C25H28O2Si. The molecule has 0 aliphatic carbocycles. The lowest BCUT2D eigenvalue weighted by Crippen LogP contribution is -2.69. The molecule has 144 valence electrons. The summed E-state index contributed by atoms with van der Waals surface area (Å²) < 4.78 is 6.83. The van der Waals surface area contributed by atoms with E-state index in [1.165, 1.54) is 15.6 Å². The molecule has 3 aromatic carbocycles. The van der Waals surface area contributed by atoms with Gasteiger partial charge >= 0.3 is 0 Å². The third-order valence-electron chi connectivity index (χ3n) is 5.10. The standard InChI is InChI=1S/C25H28O2Si/c1-2-22(26)14-12-13-21-27-28(23-15-6-3-7-16-23,24-17-8-4-9-18-24)25-19-10-5-11-20-25/h3-11,15-20H,2,12-14,21H2,1H3. The number of benzene rings is 3. The first kappa shape index (κ1) is 20.2. The van der Waals surface area contributed by atoms with Crippen molar-refractivity contribution in [3.8, 4) is 0 Å². The minimum Gasteiger partial charge on any atom is -0.404 e. The van der Waals surface area contributed by atoms with Gasteiger partial charge < -0.3 is 4.43 Å². The summed E-state index contributed by atoms with van der Waals surface area (Å²) in [5.41, 5.74) is 0. The second-order valence-corrected chi connectivity index (χ2v) is 10.4. The third kappa shape index (κ3) is 4.67. The van der Waals surface area contributed by atoms with Crippen LogP contribution < -0.4 is 15.6 Å². The molecule has 0 saturated heterocycles. The molecular weight excluding hydrogens is 360 g/mol. The first-order chi connectivity index (χ1) is 13.8. The monoisotopic (exact) mass is 388 g/mol. The van der Waals surface area contributed by atoms with Crippen LogP contribution in [0.2, 0.25) is 0 Å². The van der Waals surface area contributed by atoms with E-state index in [1.54, 1.807) is 0 Å². The Morgan fingerprint density at radius 1 is 0.714 bits per heavy atom. The Labute approximate surface area is 169 Å². The number of ketones is 1. The molecule has 28 heavy (non-hydrogen) atoms. The van der Waals surface area contributed by atoms with Crippen molar-refractivity contribution in [2.75, 3.05) is 6.61 Å². The zero-order chi connectivity index (χ0) is 19.7. The van der Waals surface area contributed by atoms with E-state index in [-0.39, 0.29) is 0 Å². The van der Waals surface area contributed by atoms with Gasteiger partial charge in [0.15, 0.2) is 0 Å². The van der Waals surface area contributed by atoms with Crippen molar-refractivity contribution in [2.24, 2.45) is 0 Å². The van der Waals surface area contributed by atoms with Crippen molar-refractivity contribution in [3.63, 3.8) is 0 Å². The molecule has 0 atom stereocenters. The Morgan fingerprint density at radius 2 is 1.14 bits per heavy atom. The molecule has 3 aromatic rings. The number of Topliss-reactive ketones (excluding diaryl/α,β-unsaturated/α-hetero) is 1.